The molecule has 0 bridgehead atoms. The van der Waals surface area contributed by atoms with Crippen molar-refractivity contribution in [2.24, 2.45) is 0 Å². The lowest BCUT2D eigenvalue weighted by atomic mass is 9.85. The SMILES string of the molecule is Nc1ccnc(C2CCCCC2)c1CO. The van der Waals surface area contributed by atoms with Gasteiger partial charge in [0.25, 0.3) is 0 Å². The first kappa shape index (κ1) is 10.4. The molecular formula is C12H18N2O. The molecule has 3 nitrogen and oxygen atoms in total. The van der Waals surface area contributed by atoms with Crippen LogP contribution in [-0.2, 0) is 6.61 Å². The van der Waals surface area contributed by atoms with E-state index in [0.717, 1.165) is 11.3 Å². The Kier molecular flexibility index (Phi) is 3.21. The Balaban J connectivity index is 2.29. The van der Waals surface area contributed by atoms with E-state index in [-0.39, 0.29) is 6.61 Å². The molecule has 2 rings (SSSR count). The summed E-state index contributed by atoms with van der Waals surface area (Å²) in [5.41, 5.74) is 8.38. The highest BCUT2D eigenvalue weighted by Gasteiger charge is 2.20. The van der Waals surface area contributed by atoms with E-state index in [2.05, 4.69) is 4.98 Å². The number of nitrogen functional groups attached to an aromatic ring is 1. The van der Waals surface area contributed by atoms with Crippen LogP contribution in [0.2, 0.25) is 0 Å². The molecule has 1 heterocycles. The van der Waals surface area contributed by atoms with Gasteiger partial charge in [-0.25, -0.2) is 0 Å². The summed E-state index contributed by atoms with van der Waals surface area (Å²) < 4.78 is 0. The third-order valence-electron chi connectivity index (χ3n) is 3.28. The first-order valence-corrected chi connectivity index (χ1v) is 5.67. The molecule has 0 atom stereocenters. The minimum atomic E-state index is 0.00546. The second-order valence-electron chi connectivity index (χ2n) is 4.26. The van der Waals surface area contributed by atoms with Gasteiger partial charge in [0, 0.05) is 23.4 Å². The Morgan fingerprint density at radius 2 is 2.07 bits per heavy atom. The van der Waals surface area contributed by atoms with Gasteiger partial charge < -0.3 is 10.8 Å². The zero-order chi connectivity index (χ0) is 10.7. The van der Waals surface area contributed by atoms with Crippen LogP contribution in [0, 0.1) is 0 Å². The Morgan fingerprint density at radius 1 is 1.33 bits per heavy atom. The van der Waals surface area contributed by atoms with Gasteiger partial charge in [-0.1, -0.05) is 19.3 Å². The molecule has 0 saturated heterocycles. The van der Waals surface area contributed by atoms with Crippen molar-refractivity contribution in [3.05, 3.63) is 23.5 Å². The summed E-state index contributed by atoms with van der Waals surface area (Å²) in [6, 6.07) is 1.76. The minimum Gasteiger partial charge on any atom is -0.398 e. The van der Waals surface area contributed by atoms with Gasteiger partial charge in [-0.15, -0.1) is 0 Å². The van der Waals surface area contributed by atoms with E-state index >= 15 is 0 Å². The zero-order valence-electron chi connectivity index (χ0n) is 8.95. The first-order chi connectivity index (χ1) is 7.33. The third-order valence-corrected chi connectivity index (χ3v) is 3.28. The summed E-state index contributed by atoms with van der Waals surface area (Å²) in [6.07, 6.45) is 7.98. The highest BCUT2D eigenvalue weighted by molar-refractivity contribution is 5.48. The van der Waals surface area contributed by atoms with Gasteiger partial charge in [0.05, 0.1) is 12.3 Å². The number of nitrogens with zero attached hydrogens (tertiary/aromatic N) is 1. The van der Waals surface area contributed by atoms with Crippen molar-refractivity contribution >= 4 is 5.69 Å². The van der Waals surface area contributed by atoms with Crippen molar-refractivity contribution in [2.45, 2.75) is 44.6 Å². The molecule has 1 aliphatic carbocycles. The maximum absolute atomic E-state index is 9.31. The molecular weight excluding hydrogens is 188 g/mol. The highest BCUT2D eigenvalue weighted by Crippen LogP contribution is 2.34. The summed E-state index contributed by atoms with van der Waals surface area (Å²) in [5, 5.41) is 9.31. The van der Waals surface area contributed by atoms with Crippen molar-refractivity contribution in [2.75, 3.05) is 5.73 Å². The molecule has 3 N–H and O–H groups in total. The normalized spacial score (nSPS) is 17.9. The monoisotopic (exact) mass is 206 g/mol. The number of anilines is 1. The Morgan fingerprint density at radius 3 is 2.73 bits per heavy atom. The van der Waals surface area contributed by atoms with E-state index < -0.39 is 0 Å². The molecule has 0 spiro atoms. The predicted molar refractivity (Wildman–Crippen MR) is 60.4 cm³/mol. The van der Waals surface area contributed by atoms with E-state index in [1.807, 2.05) is 0 Å². The average molecular weight is 206 g/mol. The van der Waals surface area contributed by atoms with Crippen LogP contribution in [0.15, 0.2) is 12.3 Å². The molecule has 1 aromatic heterocycles. The smallest absolute Gasteiger partial charge is 0.0720 e. The van der Waals surface area contributed by atoms with Crippen molar-refractivity contribution < 1.29 is 5.11 Å². The average Bonchev–Trinajstić information content (AvgIpc) is 2.30. The first-order valence-electron chi connectivity index (χ1n) is 5.67. The highest BCUT2D eigenvalue weighted by atomic mass is 16.3. The van der Waals surface area contributed by atoms with Crippen molar-refractivity contribution in [3.8, 4) is 0 Å². The zero-order valence-corrected chi connectivity index (χ0v) is 8.95. The van der Waals surface area contributed by atoms with Crippen LogP contribution >= 0.6 is 0 Å². The summed E-state index contributed by atoms with van der Waals surface area (Å²) in [7, 11) is 0. The van der Waals surface area contributed by atoms with Gasteiger partial charge >= 0.3 is 0 Å². The molecule has 1 saturated carbocycles. The number of rotatable bonds is 2. The maximum atomic E-state index is 9.31. The summed E-state index contributed by atoms with van der Waals surface area (Å²) in [5.74, 6) is 0.504. The van der Waals surface area contributed by atoms with E-state index in [9.17, 15) is 5.11 Å². The number of aromatic nitrogens is 1. The van der Waals surface area contributed by atoms with Crippen LogP contribution in [0.25, 0.3) is 0 Å². The van der Waals surface area contributed by atoms with Gasteiger partial charge in [0.2, 0.25) is 0 Å². The van der Waals surface area contributed by atoms with Gasteiger partial charge in [-0.3, -0.25) is 4.98 Å². The summed E-state index contributed by atoms with van der Waals surface area (Å²) in [4.78, 5) is 4.39. The van der Waals surface area contributed by atoms with Crippen LogP contribution in [-0.4, -0.2) is 10.1 Å². The molecule has 0 amide bonds. The van der Waals surface area contributed by atoms with Crippen LogP contribution in [0.4, 0.5) is 5.69 Å². The fraction of sp³-hybridized carbons (Fsp3) is 0.583. The Bertz CT molecular complexity index is 332. The number of nitrogens with two attached hydrogens (primary N) is 1. The number of aliphatic hydroxyl groups excluding tert-OH is 1. The van der Waals surface area contributed by atoms with E-state index in [1.54, 1.807) is 12.3 Å². The molecule has 15 heavy (non-hydrogen) atoms. The fourth-order valence-electron chi connectivity index (χ4n) is 2.42. The summed E-state index contributed by atoms with van der Waals surface area (Å²) in [6.45, 7) is 0.00546. The van der Waals surface area contributed by atoms with Crippen molar-refractivity contribution in [3.63, 3.8) is 0 Å². The van der Waals surface area contributed by atoms with Crippen LogP contribution in [0.3, 0.4) is 0 Å². The number of hydrogen-bond acceptors (Lipinski definition) is 3. The van der Waals surface area contributed by atoms with E-state index in [0.29, 0.717) is 11.6 Å². The number of aliphatic hydroxyl groups is 1. The van der Waals surface area contributed by atoms with E-state index in [1.165, 1.54) is 32.1 Å². The summed E-state index contributed by atoms with van der Waals surface area (Å²) >= 11 is 0. The van der Waals surface area contributed by atoms with Gasteiger partial charge in [0.15, 0.2) is 0 Å². The van der Waals surface area contributed by atoms with E-state index in [4.69, 9.17) is 5.73 Å². The molecule has 0 radical (unpaired) electrons. The number of hydrogen-bond donors (Lipinski definition) is 2. The maximum Gasteiger partial charge on any atom is 0.0720 e. The lowest BCUT2D eigenvalue weighted by molar-refractivity contribution is 0.278. The standard InChI is InChI=1S/C12H18N2O/c13-11-6-7-14-12(10(11)8-15)9-4-2-1-3-5-9/h6-7,9,15H,1-5,8H2,(H2,13,14). The third kappa shape index (κ3) is 2.12. The second kappa shape index (κ2) is 4.62. The number of pyridine rings is 1. The van der Waals surface area contributed by atoms with Gasteiger partial charge in [-0.05, 0) is 18.9 Å². The molecule has 82 valence electrons. The van der Waals surface area contributed by atoms with Crippen LogP contribution in [0.1, 0.15) is 49.3 Å². The molecule has 0 aromatic carbocycles. The van der Waals surface area contributed by atoms with Gasteiger partial charge in [-0.2, -0.15) is 0 Å². The lowest BCUT2D eigenvalue weighted by Crippen LogP contribution is -2.11. The quantitative estimate of drug-likeness (QED) is 0.780. The van der Waals surface area contributed by atoms with Crippen molar-refractivity contribution in [1.29, 1.82) is 0 Å². The Hall–Kier alpha value is -1.09. The Labute approximate surface area is 90.3 Å². The minimum absolute atomic E-state index is 0.00546. The molecule has 3 heteroatoms. The largest absolute Gasteiger partial charge is 0.398 e. The fourth-order valence-corrected chi connectivity index (χ4v) is 2.42. The molecule has 1 aromatic rings. The predicted octanol–water partition coefficient (Wildman–Crippen LogP) is 2.20. The lowest BCUT2D eigenvalue weighted by Gasteiger charge is -2.23. The molecule has 1 aliphatic rings. The van der Waals surface area contributed by atoms with Crippen LogP contribution < -0.4 is 5.73 Å². The molecule has 1 fully saturated rings. The second-order valence-corrected chi connectivity index (χ2v) is 4.26. The topological polar surface area (TPSA) is 59.1 Å². The van der Waals surface area contributed by atoms with Crippen LogP contribution in [0.5, 0.6) is 0 Å². The molecule has 0 aliphatic heterocycles. The van der Waals surface area contributed by atoms with Crippen molar-refractivity contribution in [1.82, 2.24) is 4.98 Å². The van der Waals surface area contributed by atoms with Gasteiger partial charge in [0.1, 0.15) is 0 Å². The molecule has 0 unspecified atom stereocenters.